The smallest absolute Gasteiger partial charge is 0.272 e. The Balaban J connectivity index is 2.09. The summed E-state index contributed by atoms with van der Waals surface area (Å²) in [6.45, 7) is 31.8. The summed E-state index contributed by atoms with van der Waals surface area (Å²) < 4.78 is 44.5. The topological polar surface area (TPSA) is 117 Å². The maximum Gasteiger partial charge on any atom is 0.272 e. The molecule has 0 aromatic heterocycles. The molecule has 1 aromatic rings. The molecule has 0 bridgehead atoms. The zero-order valence-electron chi connectivity index (χ0n) is 36.2. The van der Waals surface area contributed by atoms with Crippen molar-refractivity contribution in [2.24, 2.45) is 5.92 Å². The van der Waals surface area contributed by atoms with E-state index in [0.29, 0.717) is 5.75 Å². The fourth-order valence-corrected chi connectivity index (χ4v) is 9.92. The minimum absolute atomic E-state index is 0.0935. The summed E-state index contributed by atoms with van der Waals surface area (Å²) in [4.78, 5) is 14.3. The molecule has 0 spiro atoms. The first-order valence-corrected chi connectivity index (χ1v) is 29.8. The first-order chi connectivity index (χ1) is 25.2. The van der Waals surface area contributed by atoms with Crippen LogP contribution in [0.25, 0.3) is 0 Å². The van der Waals surface area contributed by atoms with Gasteiger partial charge in [0.25, 0.3) is 9.70 Å². The van der Waals surface area contributed by atoms with Crippen LogP contribution < -0.4 is 10.1 Å². The number of aliphatic hydroxyl groups is 1. The molecule has 4 rings (SSSR count). The Bertz CT molecular complexity index is 1630. The van der Waals surface area contributed by atoms with Crippen LogP contribution in [0.3, 0.4) is 0 Å². The van der Waals surface area contributed by atoms with Crippen LogP contribution in [0.15, 0.2) is 24.3 Å². The number of epoxide rings is 1. The van der Waals surface area contributed by atoms with E-state index in [1.54, 1.807) is 7.11 Å². The van der Waals surface area contributed by atoms with Crippen molar-refractivity contribution < 1.29 is 42.4 Å². The molecule has 0 unspecified atom stereocenters. The van der Waals surface area contributed by atoms with Gasteiger partial charge in [0.1, 0.15) is 43.3 Å². The molecule has 2 N–H and O–H groups in total. The Morgan fingerprint density at radius 1 is 0.946 bits per heavy atom. The highest BCUT2D eigenvalue weighted by molar-refractivity contribution is 6.83. The van der Waals surface area contributed by atoms with Crippen LogP contribution in [0.4, 0.5) is 0 Å². The average Bonchev–Trinajstić information content (AvgIpc) is 3.68. The number of hydrogen-bond acceptors (Lipinski definition) is 9. The Hall–Kier alpha value is -0.709. The van der Waals surface area contributed by atoms with Gasteiger partial charge in [-0.25, -0.2) is 0 Å². The Kier molecular flexibility index (Phi) is 14.0. The van der Waals surface area contributed by atoms with Crippen molar-refractivity contribution in [2.75, 3.05) is 20.3 Å². The molecular formula is C40H66Cl3NO9Si3. The molecule has 2 saturated heterocycles. The van der Waals surface area contributed by atoms with Crippen molar-refractivity contribution in [1.29, 1.82) is 0 Å². The second-order valence-corrected chi connectivity index (χ2v) is 36.7. The molecule has 1 aliphatic carbocycles. The highest BCUT2D eigenvalue weighted by Crippen LogP contribution is 2.61. The third kappa shape index (κ3) is 10.2. The lowest BCUT2D eigenvalue weighted by Gasteiger charge is -2.57. The highest BCUT2D eigenvalue weighted by Gasteiger charge is 2.81. The second kappa shape index (κ2) is 16.3. The fraction of sp³-hybridized carbons (Fsp3) is 0.775. The van der Waals surface area contributed by atoms with Gasteiger partial charge in [0.15, 0.2) is 22.4 Å². The highest BCUT2D eigenvalue weighted by atomic mass is 35.6. The van der Waals surface area contributed by atoms with Crippen LogP contribution in [0.1, 0.15) is 61.0 Å². The van der Waals surface area contributed by atoms with Crippen LogP contribution in [0.2, 0.25) is 55.9 Å². The molecule has 56 heavy (non-hydrogen) atoms. The van der Waals surface area contributed by atoms with E-state index < -0.39 is 87.8 Å². The lowest BCUT2D eigenvalue weighted by molar-refractivity contribution is -0.197. The predicted molar refractivity (Wildman–Crippen MR) is 231 cm³/mol. The molecule has 16 heteroatoms. The number of fused-ring (bicyclic) bond motifs is 1. The minimum Gasteiger partial charge on any atom is -0.497 e. The number of alkyl halides is 3. The first-order valence-electron chi connectivity index (χ1n) is 19.4. The fourth-order valence-electron chi connectivity index (χ4n) is 6.89. The van der Waals surface area contributed by atoms with Gasteiger partial charge in [0.2, 0.25) is 0 Å². The van der Waals surface area contributed by atoms with Crippen molar-refractivity contribution in [3.63, 3.8) is 0 Å². The lowest BCUT2D eigenvalue weighted by Crippen LogP contribution is -2.80. The number of hydrogen-bond donors (Lipinski definition) is 2. The van der Waals surface area contributed by atoms with Gasteiger partial charge in [-0.05, 0) is 67.8 Å². The molecule has 2 heterocycles. The van der Waals surface area contributed by atoms with Crippen LogP contribution in [-0.4, -0.2) is 107 Å². The number of carbonyl (C=O) groups excluding carboxylic acids is 1. The van der Waals surface area contributed by atoms with Crippen LogP contribution in [-0.2, 0) is 39.2 Å². The Morgan fingerprint density at radius 3 is 1.98 bits per heavy atom. The van der Waals surface area contributed by atoms with Gasteiger partial charge in [-0.15, -0.1) is 5.54 Å². The number of halogens is 3. The summed E-state index contributed by atoms with van der Waals surface area (Å²) in [5, 5.41) is 15.5. The Morgan fingerprint density at radius 2 is 1.52 bits per heavy atom. The van der Waals surface area contributed by atoms with Gasteiger partial charge in [-0.3, -0.25) is 4.79 Å². The summed E-state index contributed by atoms with van der Waals surface area (Å²) in [6, 6.07) is 7.58. The molecule has 2 aliphatic heterocycles. The SMILES string of the molecule is COc1ccc(CO[C@H]2[C@@H]([C@H]3COC(C)(C)O3)[C@](NC(=O)C(Cl)(Cl)Cl)([C@H](O)C#C[Si](C)(C)C)[C@H](O[Si](C)(C)C(C)(C)C)[C@H]3O[C@]32CO[Si](C)(C)C(C)(C)C)cc1. The van der Waals surface area contributed by atoms with Crippen molar-refractivity contribution >= 4 is 65.4 Å². The van der Waals surface area contributed by atoms with Gasteiger partial charge in [-0.1, -0.05) is 114 Å². The van der Waals surface area contributed by atoms with E-state index in [4.69, 9.17) is 67.3 Å². The van der Waals surface area contributed by atoms with E-state index in [-0.39, 0.29) is 29.9 Å². The monoisotopic (exact) mass is 893 g/mol. The third-order valence-electron chi connectivity index (χ3n) is 12.2. The lowest BCUT2D eigenvalue weighted by atomic mass is 9.60. The quantitative estimate of drug-likeness (QED) is 0.0925. The molecule has 1 aromatic carbocycles. The number of ether oxygens (including phenoxy) is 5. The van der Waals surface area contributed by atoms with Gasteiger partial charge < -0.3 is 43.0 Å². The summed E-state index contributed by atoms with van der Waals surface area (Å²) >= 11 is 19.1. The number of nitrogens with one attached hydrogen (secondary N) is 1. The summed E-state index contributed by atoms with van der Waals surface area (Å²) in [6.07, 6.45) is -5.00. The van der Waals surface area contributed by atoms with E-state index in [1.807, 2.05) is 38.1 Å². The molecular weight excluding hydrogens is 829 g/mol. The van der Waals surface area contributed by atoms with Crippen LogP contribution in [0.5, 0.6) is 5.75 Å². The van der Waals surface area contributed by atoms with Gasteiger partial charge >= 0.3 is 0 Å². The first kappa shape index (κ1) is 48.0. The molecule has 10 nitrogen and oxygen atoms in total. The van der Waals surface area contributed by atoms with E-state index in [0.717, 1.165) is 5.56 Å². The maximum absolute atomic E-state index is 14.3. The van der Waals surface area contributed by atoms with Gasteiger partial charge in [0.05, 0.1) is 39.1 Å². The van der Waals surface area contributed by atoms with Gasteiger partial charge in [0, 0.05) is 5.92 Å². The third-order valence-corrected chi connectivity index (χ3v) is 22.6. The van der Waals surface area contributed by atoms with E-state index in [1.165, 1.54) is 0 Å². The van der Waals surface area contributed by atoms with Crippen LogP contribution in [0, 0.1) is 17.4 Å². The minimum atomic E-state index is -2.76. The summed E-state index contributed by atoms with van der Waals surface area (Å²) in [5.74, 6) is 0.951. The average molecular weight is 896 g/mol. The number of benzene rings is 1. The number of methoxy groups -OCH3 is 1. The second-order valence-electron chi connectivity index (χ2n) is 20.1. The number of aliphatic hydroxyl groups excluding tert-OH is 1. The number of rotatable bonds is 12. The number of carbonyl (C=O) groups is 1. The molecule has 1 saturated carbocycles. The van der Waals surface area contributed by atoms with Crippen molar-refractivity contribution in [1.82, 2.24) is 5.32 Å². The molecule has 3 aliphatic rings. The van der Waals surface area contributed by atoms with E-state index in [2.05, 4.69) is 104 Å². The predicted octanol–water partition coefficient (Wildman–Crippen LogP) is 8.38. The van der Waals surface area contributed by atoms with Gasteiger partial charge in [-0.2, -0.15) is 0 Å². The standard InChI is InChI=1S/C40H66Cl3NO9Si3/c1-35(2,3)55(13,14)50-25-38-31(48-23-26-17-19-27(47-9)20-18-26)30(28-24-49-37(7,8)51-28)39(44-34(46)40(41,42)43,29(45)21-22-54(10,11)12)33(32(38)52-38)53-56(15,16)36(4,5)6/h17-20,28-33,45H,23-25H2,1-16H3,(H,44,46)/t28-,29-,30-,31+,32-,33-,38+,39-/m1/s1. The zero-order chi connectivity index (χ0) is 42.7. The zero-order valence-corrected chi connectivity index (χ0v) is 41.5. The van der Waals surface area contributed by atoms with Crippen molar-refractivity contribution in [3.05, 3.63) is 29.8 Å². The van der Waals surface area contributed by atoms with E-state index in [9.17, 15) is 9.90 Å². The van der Waals surface area contributed by atoms with Crippen LogP contribution >= 0.6 is 34.8 Å². The summed E-state index contributed by atoms with van der Waals surface area (Å²) in [5.41, 5.74) is 1.28. The van der Waals surface area contributed by atoms with E-state index >= 15 is 0 Å². The molecule has 0 radical (unpaired) electrons. The normalized spacial score (nSPS) is 30.2. The summed E-state index contributed by atoms with van der Waals surface area (Å²) in [7, 11) is -5.64. The largest absolute Gasteiger partial charge is 0.497 e. The maximum atomic E-state index is 14.3. The molecule has 8 atom stereocenters. The molecule has 1 amide bonds. The molecule has 318 valence electrons. The van der Waals surface area contributed by atoms with Crippen molar-refractivity contribution in [2.45, 2.75) is 169 Å². The molecule has 3 fully saturated rings. The Labute approximate surface area is 353 Å². The number of amides is 1. The van der Waals surface area contributed by atoms with Crippen molar-refractivity contribution in [3.8, 4) is 17.2 Å².